The molecular weight excluding hydrogens is 400 g/mol. The third kappa shape index (κ3) is 4.48. The first-order valence-electron chi connectivity index (χ1n) is 12.0. The minimum absolute atomic E-state index is 0.517. The van der Waals surface area contributed by atoms with Crippen molar-refractivity contribution >= 4 is 0 Å². The van der Waals surface area contributed by atoms with Crippen LogP contribution < -0.4 is 9.13 Å². The lowest BCUT2D eigenvalue weighted by atomic mass is 9.94. The molecule has 4 aromatic rings. The fourth-order valence-corrected chi connectivity index (χ4v) is 4.77. The third-order valence-electron chi connectivity index (χ3n) is 6.78. The third-order valence-corrected chi connectivity index (χ3v) is 6.78. The van der Waals surface area contributed by atoms with Crippen LogP contribution in [0.3, 0.4) is 0 Å². The van der Waals surface area contributed by atoms with E-state index in [0.717, 1.165) is 6.42 Å². The van der Waals surface area contributed by atoms with E-state index in [4.69, 9.17) is 0 Å². The molecule has 0 spiro atoms. The summed E-state index contributed by atoms with van der Waals surface area (Å²) in [6.45, 7) is 11.2. The molecule has 0 aliphatic rings. The Hall–Kier alpha value is -3.26. The molecule has 0 radical (unpaired) electrons. The van der Waals surface area contributed by atoms with Gasteiger partial charge in [-0.25, -0.2) is 9.13 Å². The van der Waals surface area contributed by atoms with E-state index in [2.05, 4.69) is 131 Å². The summed E-state index contributed by atoms with van der Waals surface area (Å²) >= 11 is 0. The molecule has 0 unspecified atom stereocenters. The topological polar surface area (TPSA) is 7.76 Å². The summed E-state index contributed by atoms with van der Waals surface area (Å²) < 4.78 is 4.52. The lowest BCUT2D eigenvalue weighted by Gasteiger charge is -2.13. The smallest absolute Gasteiger partial charge is 0.201 e. The van der Waals surface area contributed by atoms with E-state index < -0.39 is 0 Å². The van der Waals surface area contributed by atoms with Gasteiger partial charge < -0.3 is 0 Å². The fraction of sp³-hybridized carbons (Fsp3) is 0.290. The van der Waals surface area contributed by atoms with Gasteiger partial charge in [0.1, 0.15) is 14.1 Å². The second kappa shape index (κ2) is 9.31. The quantitative estimate of drug-likeness (QED) is 0.310. The van der Waals surface area contributed by atoms with Gasteiger partial charge in [-0.2, -0.15) is 0 Å². The van der Waals surface area contributed by atoms with Crippen LogP contribution in [0.25, 0.3) is 33.6 Å². The number of pyridine rings is 2. The Morgan fingerprint density at radius 1 is 0.758 bits per heavy atom. The van der Waals surface area contributed by atoms with Crippen molar-refractivity contribution in [2.24, 2.45) is 14.1 Å². The Balaban J connectivity index is 1.79. The molecule has 33 heavy (non-hydrogen) atoms. The molecule has 0 aliphatic carbocycles. The van der Waals surface area contributed by atoms with Crippen molar-refractivity contribution in [3.8, 4) is 33.6 Å². The zero-order valence-corrected chi connectivity index (χ0v) is 21.1. The van der Waals surface area contributed by atoms with Crippen LogP contribution in [-0.2, 0) is 20.5 Å². The first-order chi connectivity index (χ1) is 15.8. The molecule has 0 aliphatic heterocycles. The van der Waals surface area contributed by atoms with Crippen molar-refractivity contribution in [1.29, 1.82) is 0 Å². The van der Waals surface area contributed by atoms with Gasteiger partial charge in [0.05, 0.1) is 0 Å². The van der Waals surface area contributed by atoms with Crippen LogP contribution >= 0.6 is 0 Å². The number of hydrogen-bond acceptors (Lipinski definition) is 0. The number of nitrogens with zero attached hydrogens (tertiary/aromatic N) is 2. The van der Waals surface area contributed by atoms with Crippen LogP contribution in [0.1, 0.15) is 48.9 Å². The Kier molecular flexibility index (Phi) is 6.47. The van der Waals surface area contributed by atoms with Gasteiger partial charge in [-0.05, 0) is 66.6 Å². The first-order valence-corrected chi connectivity index (χ1v) is 12.0. The summed E-state index contributed by atoms with van der Waals surface area (Å²) in [5.41, 5.74) is 13.1. The van der Waals surface area contributed by atoms with Gasteiger partial charge in [0, 0.05) is 34.4 Å². The Bertz CT molecular complexity index is 1310. The molecule has 168 valence electrons. The Morgan fingerprint density at radius 2 is 1.52 bits per heavy atom. The van der Waals surface area contributed by atoms with Crippen molar-refractivity contribution < 1.29 is 9.13 Å². The van der Waals surface area contributed by atoms with Gasteiger partial charge in [-0.1, -0.05) is 51.1 Å². The first kappa shape index (κ1) is 22.9. The SMILES string of the molecule is CCc1cc(-c2ccc(-c3cc(C(C)C)cc[n+]3C)c(C)c2)c[n+](C)c1-c1ccccc1C. The van der Waals surface area contributed by atoms with Crippen LogP contribution in [0.2, 0.25) is 0 Å². The average Bonchev–Trinajstić information content (AvgIpc) is 2.79. The second-order valence-corrected chi connectivity index (χ2v) is 9.52. The normalized spacial score (nSPS) is 11.3. The van der Waals surface area contributed by atoms with Crippen molar-refractivity contribution in [2.75, 3.05) is 0 Å². The summed E-state index contributed by atoms with van der Waals surface area (Å²) in [6.07, 6.45) is 5.45. The summed E-state index contributed by atoms with van der Waals surface area (Å²) in [6, 6.07) is 22.5. The highest BCUT2D eigenvalue weighted by atomic mass is 14.9. The van der Waals surface area contributed by atoms with Gasteiger partial charge in [0.25, 0.3) is 0 Å². The highest BCUT2D eigenvalue weighted by molar-refractivity contribution is 5.73. The molecular formula is C31H36N2+2. The highest BCUT2D eigenvalue weighted by Gasteiger charge is 2.20. The minimum atomic E-state index is 0.517. The monoisotopic (exact) mass is 436 g/mol. The molecule has 0 atom stereocenters. The molecule has 2 aromatic carbocycles. The van der Waals surface area contributed by atoms with Crippen molar-refractivity contribution in [2.45, 2.75) is 47.0 Å². The largest absolute Gasteiger partial charge is 0.215 e. The van der Waals surface area contributed by atoms with E-state index >= 15 is 0 Å². The number of aromatic nitrogens is 2. The molecule has 0 N–H and O–H groups in total. The van der Waals surface area contributed by atoms with E-state index in [0.29, 0.717) is 5.92 Å². The molecule has 0 saturated heterocycles. The number of rotatable bonds is 5. The fourth-order valence-electron chi connectivity index (χ4n) is 4.77. The van der Waals surface area contributed by atoms with Crippen LogP contribution in [0.5, 0.6) is 0 Å². The maximum Gasteiger partial charge on any atom is 0.215 e. The summed E-state index contributed by atoms with van der Waals surface area (Å²) in [7, 11) is 4.30. The highest BCUT2D eigenvalue weighted by Crippen LogP contribution is 2.31. The van der Waals surface area contributed by atoms with Crippen molar-refractivity contribution in [3.05, 3.63) is 95.3 Å². The lowest BCUT2D eigenvalue weighted by Crippen LogP contribution is -2.32. The van der Waals surface area contributed by atoms with Crippen LogP contribution in [0.4, 0.5) is 0 Å². The predicted molar refractivity (Wildman–Crippen MR) is 138 cm³/mol. The summed E-state index contributed by atoms with van der Waals surface area (Å²) in [4.78, 5) is 0. The molecule has 2 nitrogen and oxygen atoms in total. The van der Waals surface area contributed by atoms with Gasteiger partial charge in [-0.3, -0.25) is 0 Å². The van der Waals surface area contributed by atoms with E-state index in [9.17, 15) is 0 Å². The standard InChI is InChI=1S/C31H36N2/c1-8-24-18-27(20-33(7)31(24)29-12-10-9-11-22(29)4)26-13-14-28(23(5)17-26)30-19-25(21(2)3)15-16-32(30)6/h9-21H,8H2,1-7H3/q+2. The van der Waals surface area contributed by atoms with Gasteiger partial charge >= 0.3 is 0 Å². The number of hydrogen-bond donors (Lipinski definition) is 0. The second-order valence-electron chi connectivity index (χ2n) is 9.52. The van der Waals surface area contributed by atoms with E-state index in [1.54, 1.807) is 0 Å². The van der Waals surface area contributed by atoms with Gasteiger partial charge in [0.15, 0.2) is 12.4 Å². The Morgan fingerprint density at radius 3 is 2.18 bits per heavy atom. The van der Waals surface area contributed by atoms with Crippen LogP contribution in [-0.4, -0.2) is 0 Å². The van der Waals surface area contributed by atoms with Crippen LogP contribution in [0, 0.1) is 13.8 Å². The number of benzene rings is 2. The van der Waals surface area contributed by atoms with Crippen molar-refractivity contribution in [3.63, 3.8) is 0 Å². The van der Waals surface area contributed by atoms with Crippen molar-refractivity contribution in [1.82, 2.24) is 0 Å². The number of aryl methyl sites for hydroxylation is 5. The predicted octanol–water partition coefficient (Wildman–Crippen LogP) is 6.64. The van der Waals surface area contributed by atoms with E-state index in [1.807, 2.05) is 0 Å². The maximum atomic E-state index is 2.37. The molecule has 0 bridgehead atoms. The minimum Gasteiger partial charge on any atom is -0.201 e. The van der Waals surface area contributed by atoms with E-state index in [1.165, 1.54) is 55.9 Å². The summed E-state index contributed by atoms with van der Waals surface area (Å²) in [5.74, 6) is 0.517. The molecule has 0 fully saturated rings. The molecule has 4 rings (SSSR count). The molecule has 2 heterocycles. The maximum absolute atomic E-state index is 2.37. The molecule has 0 saturated carbocycles. The average molecular weight is 437 g/mol. The Labute approximate surface area is 199 Å². The lowest BCUT2D eigenvalue weighted by molar-refractivity contribution is -0.660. The molecule has 2 aromatic heterocycles. The van der Waals surface area contributed by atoms with Gasteiger partial charge in [0.2, 0.25) is 11.4 Å². The summed E-state index contributed by atoms with van der Waals surface area (Å²) in [5, 5.41) is 0. The zero-order valence-electron chi connectivity index (χ0n) is 21.1. The van der Waals surface area contributed by atoms with Gasteiger partial charge in [-0.15, -0.1) is 0 Å². The molecule has 2 heteroatoms. The zero-order chi connectivity index (χ0) is 23.7. The van der Waals surface area contributed by atoms with E-state index in [-0.39, 0.29) is 0 Å². The van der Waals surface area contributed by atoms with Crippen LogP contribution in [0.15, 0.2) is 73.1 Å². The molecule has 0 amide bonds.